The number of hydrogen-bond acceptors (Lipinski definition) is 3. The van der Waals surface area contributed by atoms with Gasteiger partial charge in [0.1, 0.15) is 5.75 Å². The molecule has 0 saturated carbocycles. The van der Waals surface area contributed by atoms with Gasteiger partial charge < -0.3 is 9.84 Å². The van der Waals surface area contributed by atoms with Crippen molar-refractivity contribution >= 4 is 23.3 Å². The second kappa shape index (κ2) is 11.4. The third kappa shape index (κ3) is 6.40. The van der Waals surface area contributed by atoms with Gasteiger partial charge in [0.25, 0.3) is 0 Å². The van der Waals surface area contributed by atoms with Crippen LogP contribution in [0, 0.1) is 6.92 Å². The van der Waals surface area contributed by atoms with Crippen molar-refractivity contribution in [2.45, 2.75) is 11.8 Å². The van der Waals surface area contributed by atoms with E-state index in [-0.39, 0.29) is 6.61 Å². The molecule has 0 spiro atoms. The van der Waals surface area contributed by atoms with Crippen molar-refractivity contribution in [2.24, 2.45) is 0 Å². The van der Waals surface area contributed by atoms with Gasteiger partial charge in [0.05, 0.1) is 0 Å². The first-order chi connectivity index (χ1) is 16.6. The molecule has 4 heteroatoms. The Balaban J connectivity index is 1.53. The topological polar surface area (TPSA) is 46.5 Å². The van der Waals surface area contributed by atoms with E-state index >= 15 is 0 Å². The molecule has 0 aliphatic carbocycles. The molecule has 3 nitrogen and oxygen atoms in total. The molecular weight excluding hydrogens is 440 g/mol. The Kier molecular flexibility index (Phi) is 7.84. The number of benzene rings is 4. The van der Waals surface area contributed by atoms with Crippen LogP contribution in [0.15, 0.2) is 114 Å². The van der Waals surface area contributed by atoms with Crippen LogP contribution in [-0.2, 0) is 4.79 Å². The zero-order chi connectivity index (χ0) is 23.8. The first-order valence-corrected chi connectivity index (χ1v) is 12.1. The van der Waals surface area contributed by atoms with Gasteiger partial charge in [0.15, 0.2) is 6.61 Å². The van der Waals surface area contributed by atoms with Crippen LogP contribution in [0.3, 0.4) is 0 Å². The smallest absolute Gasteiger partial charge is 0.341 e. The fourth-order valence-electron chi connectivity index (χ4n) is 3.69. The van der Waals surface area contributed by atoms with Crippen LogP contribution < -0.4 is 4.74 Å². The highest BCUT2D eigenvalue weighted by atomic mass is 32.2. The summed E-state index contributed by atoms with van der Waals surface area (Å²) in [6.45, 7) is 1.78. The van der Waals surface area contributed by atoms with Crippen LogP contribution in [0.25, 0.3) is 16.7 Å². The maximum absolute atomic E-state index is 10.7. The Hall–Kier alpha value is -3.76. The molecule has 0 amide bonds. The molecule has 4 rings (SSSR count). The molecule has 0 aliphatic rings. The Morgan fingerprint density at radius 3 is 2.21 bits per heavy atom. The fourth-order valence-corrected chi connectivity index (χ4v) is 4.46. The minimum atomic E-state index is -0.982. The number of carboxylic acid groups (broad SMARTS) is 1. The molecule has 170 valence electrons. The molecule has 34 heavy (non-hydrogen) atoms. The quantitative estimate of drug-likeness (QED) is 0.262. The van der Waals surface area contributed by atoms with Gasteiger partial charge in [-0.15, -0.1) is 11.8 Å². The molecule has 0 aromatic heterocycles. The van der Waals surface area contributed by atoms with Crippen LogP contribution in [0.4, 0.5) is 0 Å². The maximum Gasteiger partial charge on any atom is 0.341 e. The summed E-state index contributed by atoms with van der Waals surface area (Å²) in [7, 11) is 0. The summed E-state index contributed by atoms with van der Waals surface area (Å²) in [6.07, 6.45) is 2.27. The largest absolute Gasteiger partial charge is 0.482 e. The molecule has 4 aromatic carbocycles. The Morgan fingerprint density at radius 2 is 1.53 bits per heavy atom. The normalized spacial score (nSPS) is 11.3. The summed E-state index contributed by atoms with van der Waals surface area (Å²) in [5.41, 5.74) is 7.23. The number of carbonyl (C=O) groups is 1. The van der Waals surface area contributed by atoms with Gasteiger partial charge in [-0.1, -0.05) is 90.5 Å². The van der Waals surface area contributed by atoms with Gasteiger partial charge in [-0.2, -0.15) is 0 Å². The number of aliphatic carboxylic acids is 1. The van der Waals surface area contributed by atoms with Crippen molar-refractivity contribution < 1.29 is 14.6 Å². The molecule has 1 N–H and O–H groups in total. The lowest BCUT2D eigenvalue weighted by atomic mass is 9.94. The first-order valence-electron chi connectivity index (χ1n) is 11.1. The molecule has 0 radical (unpaired) electrons. The Bertz CT molecular complexity index is 1260. The number of hydrogen-bond donors (Lipinski definition) is 1. The Labute approximate surface area is 204 Å². The molecule has 0 atom stereocenters. The van der Waals surface area contributed by atoms with Crippen molar-refractivity contribution in [1.82, 2.24) is 0 Å². The summed E-state index contributed by atoms with van der Waals surface area (Å²) in [6, 6.07) is 35.2. The minimum Gasteiger partial charge on any atom is -0.482 e. The number of ether oxygens (including phenoxy) is 1. The van der Waals surface area contributed by atoms with Crippen molar-refractivity contribution in [3.8, 4) is 16.9 Å². The van der Waals surface area contributed by atoms with E-state index in [9.17, 15) is 4.79 Å². The van der Waals surface area contributed by atoms with Gasteiger partial charge in [-0.3, -0.25) is 0 Å². The van der Waals surface area contributed by atoms with E-state index in [1.54, 1.807) is 23.9 Å². The summed E-state index contributed by atoms with van der Waals surface area (Å²) >= 11 is 1.73. The average molecular weight is 467 g/mol. The van der Waals surface area contributed by atoms with E-state index in [1.807, 2.05) is 18.2 Å². The summed E-state index contributed by atoms with van der Waals surface area (Å²) in [4.78, 5) is 11.8. The van der Waals surface area contributed by atoms with E-state index in [1.165, 1.54) is 33.4 Å². The lowest BCUT2D eigenvalue weighted by Gasteiger charge is -2.11. The van der Waals surface area contributed by atoms with Crippen molar-refractivity contribution in [1.29, 1.82) is 0 Å². The zero-order valence-electron chi connectivity index (χ0n) is 19.0. The van der Waals surface area contributed by atoms with Crippen LogP contribution in [0.2, 0.25) is 0 Å². The van der Waals surface area contributed by atoms with Gasteiger partial charge >= 0.3 is 5.97 Å². The van der Waals surface area contributed by atoms with Crippen LogP contribution in [0.5, 0.6) is 5.75 Å². The third-order valence-electron chi connectivity index (χ3n) is 5.36. The lowest BCUT2D eigenvalue weighted by molar-refractivity contribution is -0.139. The van der Waals surface area contributed by atoms with E-state index in [4.69, 9.17) is 9.84 Å². The first kappa shape index (κ1) is 23.4. The van der Waals surface area contributed by atoms with E-state index in [2.05, 4.69) is 85.8 Å². The summed E-state index contributed by atoms with van der Waals surface area (Å²) in [5.74, 6) is 0.379. The number of rotatable bonds is 9. The van der Waals surface area contributed by atoms with Crippen LogP contribution in [-0.4, -0.2) is 23.4 Å². The monoisotopic (exact) mass is 466 g/mol. The highest BCUT2D eigenvalue weighted by Crippen LogP contribution is 2.29. The zero-order valence-corrected chi connectivity index (χ0v) is 19.8. The third-order valence-corrected chi connectivity index (χ3v) is 6.29. The summed E-state index contributed by atoms with van der Waals surface area (Å²) < 4.78 is 5.21. The Morgan fingerprint density at radius 1 is 0.824 bits per heavy atom. The van der Waals surface area contributed by atoms with Crippen LogP contribution in [0.1, 0.15) is 16.7 Å². The highest BCUT2D eigenvalue weighted by molar-refractivity contribution is 7.99. The van der Waals surface area contributed by atoms with Crippen molar-refractivity contribution in [2.75, 3.05) is 12.4 Å². The maximum atomic E-state index is 10.7. The van der Waals surface area contributed by atoms with Gasteiger partial charge in [0.2, 0.25) is 0 Å². The standard InChI is InChI=1S/C30H26O3S/c1-22-6-5-9-26(20-22)29(25-12-10-24(11-13-25)23-7-3-2-4-8-23)18-19-34-28-16-14-27(15-17-28)33-21-30(31)32/h2-18,20H,19,21H2,1H3,(H,31,32)/b29-18-. The second-order valence-electron chi connectivity index (χ2n) is 7.90. The summed E-state index contributed by atoms with van der Waals surface area (Å²) in [5, 5.41) is 8.74. The van der Waals surface area contributed by atoms with Crippen molar-refractivity contribution in [3.63, 3.8) is 0 Å². The van der Waals surface area contributed by atoms with Gasteiger partial charge in [-0.05, 0) is 59.0 Å². The van der Waals surface area contributed by atoms with Gasteiger partial charge in [0, 0.05) is 10.6 Å². The van der Waals surface area contributed by atoms with E-state index in [0.29, 0.717) is 5.75 Å². The molecule has 0 fully saturated rings. The molecule has 0 aliphatic heterocycles. The molecule has 0 unspecified atom stereocenters. The molecule has 0 saturated heterocycles. The molecule has 0 heterocycles. The fraction of sp³-hybridized carbons (Fsp3) is 0.100. The number of aryl methyl sites for hydroxylation is 1. The lowest BCUT2D eigenvalue weighted by Crippen LogP contribution is -2.09. The average Bonchev–Trinajstić information content (AvgIpc) is 2.87. The molecule has 0 bridgehead atoms. The predicted octanol–water partition coefficient (Wildman–Crippen LogP) is 7.35. The van der Waals surface area contributed by atoms with E-state index in [0.717, 1.165) is 10.6 Å². The predicted molar refractivity (Wildman–Crippen MR) is 140 cm³/mol. The van der Waals surface area contributed by atoms with E-state index < -0.39 is 5.97 Å². The van der Waals surface area contributed by atoms with Crippen LogP contribution >= 0.6 is 11.8 Å². The second-order valence-corrected chi connectivity index (χ2v) is 8.99. The SMILES string of the molecule is Cc1cccc(/C(=C\CSc2ccc(OCC(=O)O)cc2)c2ccc(-c3ccccc3)cc2)c1. The van der Waals surface area contributed by atoms with Gasteiger partial charge in [-0.25, -0.2) is 4.79 Å². The number of carboxylic acids is 1. The van der Waals surface area contributed by atoms with Crippen molar-refractivity contribution in [3.05, 3.63) is 126 Å². The molecule has 4 aromatic rings. The molecular formula is C30H26O3S. The highest BCUT2D eigenvalue weighted by Gasteiger charge is 2.07. The minimum absolute atomic E-state index is 0.335. The number of thioether (sulfide) groups is 1.